The van der Waals surface area contributed by atoms with Gasteiger partial charge in [0, 0.05) is 12.1 Å². The molecule has 0 spiro atoms. The van der Waals surface area contributed by atoms with Gasteiger partial charge in [-0.1, -0.05) is 24.3 Å². The monoisotopic (exact) mass is 296 g/mol. The van der Waals surface area contributed by atoms with Crippen LogP contribution < -0.4 is 11.1 Å². The molecule has 1 aromatic rings. The van der Waals surface area contributed by atoms with Crippen LogP contribution in [0.1, 0.15) is 44.7 Å². The minimum Gasteiger partial charge on any atom is -0.354 e. The number of amides is 1. The normalized spacial score (nSPS) is 21.6. The van der Waals surface area contributed by atoms with Gasteiger partial charge in [-0.25, -0.2) is 0 Å². The Kier molecular flexibility index (Phi) is 5.22. The van der Waals surface area contributed by atoms with Crippen LogP contribution in [0.2, 0.25) is 0 Å². The van der Waals surface area contributed by atoms with E-state index in [4.69, 9.17) is 5.73 Å². The molecule has 3 N–H and O–H groups in total. The molecule has 2 rings (SSSR count). The van der Waals surface area contributed by atoms with Crippen LogP contribution in [0, 0.1) is 0 Å². The highest BCUT2D eigenvalue weighted by Crippen LogP contribution is 2.37. The van der Waals surface area contributed by atoms with Crippen LogP contribution in [-0.4, -0.2) is 18.0 Å². The highest BCUT2D eigenvalue weighted by molar-refractivity contribution is 5.88. The Bertz CT molecular complexity index is 482. The second kappa shape index (κ2) is 6.15. The number of nitrogens with two attached hydrogens (primary N) is 1. The van der Waals surface area contributed by atoms with Crippen LogP contribution in [0.5, 0.6) is 0 Å². The summed E-state index contributed by atoms with van der Waals surface area (Å²) in [7, 11) is 0. The molecule has 1 aromatic carbocycles. The molecule has 0 aromatic heterocycles. The van der Waals surface area contributed by atoms with Gasteiger partial charge in [0.15, 0.2) is 0 Å². The van der Waals surface area contributed by atoms with Crippen molar-refractivity contribution in [1.29, 1.82) is 0 Å². The molecule has 0 heterocycles. The second-order valence-corrected chi connectivity index (χ2v) is 6.51. The number of nitrogens with one attached hydrogen (secondary N) is 1. The summed E-state index contributed by atoms with van der Waals surface area (Å²) in [6, 6.07) is 8.28. The molecule has 0 aliphatic heterocycles. The van der Waals surface area contributed by atoms with E-state index in [0.717, 1.165) is 19.3 Å². The Labute approximate surface area is 127 Å². The topological polar surface area (TPSA) is 55.1 Å². The third kappa shape index (κ3) is 3.53. The Morgan fingerprint density at radius 3 is 2.70 bits per heavy atom. The van der Waals surface area contributed by atoms with E-state index in [0.29, 0.717) is 6.54 Å². The van der Waals surface area contributed by atoms with Crippen molar-refractivity contribution in [3.05, 3.63) is 35.4 Å². The van der Waals surface area contributed by atoms with Crippen molar-refractivity contribution in [3.63, 3.8) is 0 Å². The molecule has 1 aliphatic rings. The predicted molar refractivity (Wildman–Crippen MR) is 85.3 cm³/mol. The van der Waals surface area contributed by atoms with Crippen molar-refractivity contribution >= 4 is 18.3 Å². The molecule has 1 aliphatic carbocycles. The minimum absolute atomic E-state index is 0. The highest BCUT2D eigenvalue weighted by atomic mass is 35.5. The Morgan fingerprint density at radius 1 is 1.40 bits per heavy atom. The molecule has 0 saturated carbocycles. The van der Waals surface area contributed by atoms with Crippen LogP contribution in [0.4, 0.5) is 0 Å². The summed E-state index contributed by atoms with van der Waals surface area (Å²) in [4.78, 5) is 12.6. The van der Waals surface area contributed by atoms with Gasteiger partial charge in [0.05, 0.1) is 5.41 Å². The van der Waals surface area contributed by atoms with Crippen LogP contribution in [0.25, 0.3) is 0 Å². The lowest BCUT2D eigenvalue weighted by molar-refractivity contribution is -0.127. The summed E-state index contributed by atoms with van der Waals surface area (Å²) in [5.41, 5.74) is 7.62. The average Bonchev–Trinajstić information content (AvgIpc) is 2.35. The molecule has 1 unspecified atom stereocenters. The molecule has 3 nitrogen and oxygen atoms in total. The first-order chi connectivity index (χ1) is 8.83. The lowest BCUT2D eigenvalue weighted by Crippen LogP contribution is -2.51. The Morgan fingerprint density at radius 2 is 2.05 bits per heavy atom. The first-order valence-electron chi connectivity index (χ1n) is 6.98. The zero-order chi connectivity index (χ0) is 14.1. The van der Waals surface area contributed by atoms with E-state index in [1.807, 2.05) is 32.9 Å². The third-order valence-corrected chi connectivity index (χ3v) is 3.94. The Balaban J connectivity index is 0.00000200. The van der Waals surface area contributed by atoms with E-state index >= 15 is 0 Å². The number of carbonyl (C=O) groups excluding carboxylic acids is 1. The lowest BCUT2D eigenvalue weighted by Gasteiger charge is -2.35. The van der Waals surface area contributed by atoms with Crippen molar-refractivity contribution in [2.75, 3.05) is 6.54 Å². The molecular formula is C16H25ClN2O. The van der Waals surface area contributed by atoms with Gasteiger partial charge in [-0.05, 0) is 51.2 Å². The fraction of sp³-hybridized carbons (Fsp3) is 0.562. The summed E-state index contributed by atoms with van der Waals surface area (Å²) in [5.74, 6) is 0.0955. The number of halogens is 1. The quantitative estimate of drug-likeness (QED) is 0.901. The summed E-state index contributed by atoms with van der Waals surface area (Å²) >= 11 is 0. The molecule has 0 bridgehead atoms. The lowest BCUT2D eigenvalue weighted by atomic mass is 9.70. The number of rotatable bonds is 3. The maximum atomic E-state index is 12.6. The van der Waals surface area contributed by atoms with Crippen molar-refractivity contribution in [2.45, 2.75) is 51.0 Å². The van der Waals surface area contributed by atoms with Gasteiger partial charge in [-0.3, -0.25) is 4.79 Å². The maximum Gasteiger partial charge on any atom is 0.230 e. The number of benzene rings is 1. The SMILES string of the molecule is CC(C)(N)CNC(=O)C1(C)CCCc2ccccc21.Cl. The Hall–Kier alpha value is -1.06. The number of hydrogen-bond acceptors (Lipinski definition) is 2. The molecule has 4 heteroatoms. The zero-order valence-electron chi connectivity index (χ0n) is 12.5. The van der Waals surface area contributed by atoms with Crippen LogP contribution in [-0.2, 0) is 16.6 Å². The average molecular weight is 297 g/mol. The van der Waals surface area contributed by atoms with Crippen molar-refractivity contribution < 1.29 is 4.79 Å². The van der Waals surface area contributed by atoms with Gasteiger partial charge in [0.1, 0.15) is 0 Å². The third-order valence-electron chi connectivity index (χ3n) is 3.94. The van der Waals surface area contributed by atoms with E-state index in [-0.39, 0.29) is 23.9 Å². The summed E-state index contributed by atoms with van der Waals surface area (Å²) in [6.07, 6.45) is 3.04. The highest BCUT2D eigenvalue weighted by Gasteiger charge is 2.38. The summed E-state index contributed by atoms with van der Waals surface area (Å²) in [5, 5.41) is 3.01. The zero-order valence-corrected chi connectivity index (χ0v) is 13.3. The molecular weight excluding hydrogens is 272 g/mol. The molecule has 1 atom stereocenters. The molecule has 0 radical (unpaired) electrons. The largest absolute Gasteiger partial charge is 0.354 e. The predicted octanol–water partition coefficient (Wildman–Crippen LogP) is 2.56. The number of hydrogen-bond donors (Lipinski definition) is 2. The van der Waals surface area contributed by atoms with Gasteiger partial charge < -0.3 is 11.1 Å². The van der Waals surface area contributed by atoms with Crippen molar-refractivity contribution in [1.82, 2.24) is 5.32 Å². The minimum atomic E-state index is -0.417. The number of fused-ring (bicyclic) bond motifs is 1. The molecule has 112 valence electrons. The standard InChI is InChI=1S/C16H24N2O.ClH/c1-15(2,17)11-18-14(19)16(3)10-6-8-12-7-4-5-9-13(12)16;/h4-5,7,9H,6,8,10-11,17H2,1-3H3,(H,18,19);1H. The molecule has 0 saturated heterocycles. The van der Waals surface area contributed by atoms with E-state index in [2.05, 4.69) is 17.4 Å². The van der Waals surface area contributed by atoms with Crippen molar-refractivity contribution in [3.8, 4) is 0 Å². The molecule has 1 amide bonds. The second-order valence-electron chi connectivity index (χ2n) is 6.51. The van der Waals surface area contributed by atoms with Gasteiger partial charge in [0.25, 0.3) is 0 Å². The van der Waals surface area contributed by atoms with E-state index < -0.39 is 5.41 Å². The van der Waals surface area contributed by atoms with Crippen molar-refractivity contribution in [2.24, 2.45) is 5.73 Å². The molecule has 20 heavy (non-hydrogen) atoms. The first kappa shape index (κ1) is 17.0. The first-order valence-corrected chi connectivity index (χ1v) is 6.98. The fourth-order valence-electron chi connectivity index (χ4n) is 2.78. The van der Waals surface area contributed by atoms with Crippen LogP contribution >= 0.6 is 12.4 Å². The maximum absolute atomic E-state index is 12.6. The summed E-state index contributed by atoms with van der Waals surface area (Å²) < 4.78 is 0. The van der Waals surface area contributed by atoms with E-state index in [1.165, 1.54) is 11.1 Å². The smallest absolute Gasteiger partial charge is 0.230 e. The van der Waals surface area contributed by atoms with E-state index in [9.17, 15) is 4.79 Å². The van der Waals surface area contributed by atoms with Crippen LogP contribution in [0.3, 0.4) is 0 Å². The van der Waals surface area contributed by atoms with E-state index in [1.54, 1.807) is 0 Å². The van der Waals surface area contributed by atoms with Gasteiger partial charge >= 0.3 is 0 Å². The number of carbonyl (C=O) groups is 1. The fourth-order valence-corrected chi connectivity index (χ4v) is 2.78. The van der Waals surface area contributed by atoms with Gasteiger partial charge in [0.2, 0.25) is 5.91 Å². The van der Waals surface area contributed by atoms with Gasteiger partial charge in [-0.15, -0.1) is 12.4 Å². The molecule has 0 fully saturated rings. The van der Waals surface area contributed by atoms with Gasteiger partial charge in [-0.2, -0.15) is 0 Å². The summed E-state index contributed by atoms with van der Waals surface area (Å²) in [6.45, 7) is 6.39. The van der Waals surface area contributed by atoms with Crippen LogP contribution in [0.15, 0.2) is 24.3 Å². The number of aryl methyl sites for hydroxylation is 1.